The number of hydrogen-bond donors (Lipinski definition) is 2. The van der Waals surface area contributed by atoms with Crippen LogP contribution >= 0.6 is 24.0 Å². The van der Waals surface area contributed by atoms with Crippen LogP contribution in [-0.2, 0) is 17.8 Å². The van der Waals surface area contributed by atoms with Crippen molar-refractivity contribution in [1.82, 2.24) is 20.4 Å². The summed E-state index contributed by atoms with van der Waals surface area (Å²) in [6.45, 7) is 13.1. The number of benzene rings is 1. The summed E-state index contributed by atoms with van der Waals surface area (Å²) in [5.41, 5.74) is 2.76. The number of nitrogens with zero attached hydrogens (tertiary/aromatic N) is 3. The molecule has 2 heterocycles. The SMILES string of the molecule is CCNC(=NCc1ccccc1CN1CCCCCC1)NCCCN1CCOCC1.I. The van der Waals surface area contributed by atoms with Crippen LogP contribution in [0.3, 0.4) is 0 Å². The van der Waals surface area contributed by atoms with E-state index in [0.29, 0.717) is 0 Å². The van der Waals surface area contributed by atoms with Crippen LogP contribution in [0.2, 0.25) is 0 Å². The summed E-state index contributed by atoms with van der Waals surface area (Å²) in [5.74, 6) is 0.920. The summed E-state index contributed by atoms with van der Waals surface area (Å²) >= 11 is 0. The summed E-state index contributed by atoms with van der Waals surface area (Å²) in [4.78, 5) is 9.98. The summed E-state index contributed by atoms with van der Waals surface area (Å²) in [6.07, 6.45) is 6.55. The van der Waals surface area contributed by atoms with E-state index in [1.807, 2.05) is 0 Å². The van der Waals surface area contributed by atoms with Gasteiger partial charge in [0.05, 0.1) is 19.8 Å². The monoisotopic (exact) mass is 543 g/mol. The number of guanidine groups is 1. The topological polar surface area (TPSA) is 52.1 Å². The van der Waals surface area contributed by atoms with E-state index in [1.165, 1.54) is 49.9 Å². The predicted molar refractivity (Wildman–Crippen MR) is 140 cm³/mol. The molecular formula is C24H42IN5O. The van der Waals surface area contributed by atoms with Gasteiger partial charge in [0.25, 0.3) is 0 Å². The van der Waals surface area contributed by atoms with Gasteiger partial charge in [-0.05, 0) is 56.9 Å². The minimum Gasteiger partial charge on any atom is -0.379 e. The molecule has 3 rings (SSSR count). The van der Waals surface area contributed by atoms with E-state index in [2.05, 4.69) is 51.6 Å². The Labute approximate surface area is 206 Å². The molecule has 0 aromatic heterocycles. The standard InChI is InChI=1S/C24H41N5O.HI/c1-2-25-24(26-12-9-15-28-16-18-30-19-17-28)27-20-22-10-5-6-11-23(22)21-29-13-7-3-4-8-14-29;/h5-6,10-11H,2-4,7-9,12-21H2,1H3,(H2,25,26,27);1H. The lowest BCUT2D eigenvalue weighted by Crippen LogP contribution is -2.40. The van der Waals surface area contributed by atoms with E-state index in [1.54, 1.807) is 0 Å². The number of halogens is 1. The maximum Gasteiger partial charge on any atom is 0.191 e. The van der Waals surface area contributed by atoms with Crippen LogP contribution in [0.1, 0.15) is 50.2 Å². The van der Waals surface area contributed by atoms with Crippen LogP contribution < -0.4 is 10.6 Å². The molecule has 2 N–H and O–H groups in total. The predicted octanol–water partition coefficient (Wildman–Crippen LogP) is 3.46. The van der Waals surface area contributed by atoms with Crippen molar-refractivity contribution < 1.29 is 4.74 Å². The summed E-state index contributed by atoms with van der Waals surface area (Å²) < 4.78 is 5.42. The first kappa shape index (κ1) is 26.4. The Balaban J connectivity index is 0.00000341. The molecular weight excluding hydrogens is 501 g/mol. The van der Waals surface area contributed by atoms with E-state index < -0.39 is 0 Å². The molecule has 1 aromatic carbocycles. The van der Waals surface area contributed by atoms with Crippen LogP contribution in [-0.4, -0.2) is 74.8 Å². The van der Waals surface area contributed by atoms with Crippen molar-refractivity contribution in [3.05, 3.63) is 35.4 Å². The first-order valence-corrected chi connectivity index (χ1v) is 12.0. The van der Waals surface area contributed by atoms with Crippen molar-refractivity contribution in [2.24, 2.45) is 4.99 Å². The van der Waals surface area contributed by atoms with Crippen molar-refractivity contribution in [3.8, 4) is 0 Å². The molecule has 0 aliphatic carbocycles. The number of rotatable bonds is 9. The van der Waals surface area contributed by atoms with E-state index in [4.69, 9.17) is 9.73 Å². The number of nitrogens with one attached hydrogen (secondary N) is 2. The molecule has 1 aromatic rings. The molecule has 0 unspecified atom stereocenters. The van der Waals surface area contributed by atoms with E-state index in [9.17, 15) is 0 Å². The minimum absolute atomic E-state index is 0. The highest BCUT2D eigenvalue weighted by Crippen LogP contribution is 2.17. The lowest BCUT2D eigenvalue weighted by atomic mass is 10.1. The highest BCUT2D eigenvalue weighted by molar-refractivity contribution is 14.0. The number of likely N-dealkylation sites (tertiary alicyclic amines) is 1. The zero-order chi connectivity index (χ0) is 20.9. The van der Waals surface area contributed by atoms with Gasteiger partial charge >= 0.3 is 0 Å². The average Bonchev–Trinajstić information content (AvgIpc) is 3.05. The Morgan fingerprint density at radius 3 is 2.35 bits per heavy atom. The molecule has 2 aliphatic heterocycles. The van der Waals surface area contributed by atoms with Gasteiger partial charge in [0.2, 0.25) is 0 Å². The van der Waals surface area contributed by atoms with E-state index >= 15 is 0 Å². The first-order valence-electron chi connectivity index (χ1n) is 12.0. The lowest BCUT2D eigenvalue weighted by Gasteiger charge is -2.26. The van der Waals surface area contributed by atoms with Crippen LogP contribution in [0.5, 0.6) is 0 Å². The second kappa shape index (κ2) is 15.8. The van der Waals surface area contributed by atoms with Crippen molar-refractivity contribution in [2.45, 2.75) is 52.1 Å². The van der Waals surface area contributed by atoms with Crippen LogP contribution in [0, 0.1) is 0 Å². The van der Waals surface area contributed by atoms with Gasteiger partial charge in [0.1, 0.15) is 0 Å². The van der Waals surface area contributed by atoms with Gasteiger partial charge < -0.3 is 15.4 Å². The molecule has 0 bridgehead atoms. The van der Waals surface area contributed by atoms with Gasteiger partial charge in [-0.3, -0.25) is 9.80 Å². The number of ether oxygens (including phenoxy) is 1. The highest BCUT2D eigenvalue weighted by Gasteiger charge is 2.12. The zero-order valence-corrected chi connectivity index (χ0v) is 21.6. The maximum atomic E-state index is 5.42. The van der Waals surface area contributed by atoms with Crippen LogP contribution in [0.4, 0.5) is 0 Å². The molecule has 0 radical (unpaired) electrons. The second-order valence-electron chi connectivity index (χ2n) is 8.39. The van der Waals surface area contributed by atoms with Crippen LogP contribution in [0.25, 0.3) is 0 Å². The van der Waals surface area contributed by atoms with Gasteiger partial charge in [-0.25, -0.2) is 4.99 Å². The molecule has 2 fully saturated rings. The Morgan fingerprint density at radius 2 is 1.65 bits per heavy atom. The fourth-order valence-electron chi connectivity index (χ4n) is 4.24. The zero-order valence-electron chi connectivity index (χ0n) is 19.3. The Bertz CT molecular complexity index is 628. The molecule has 0 amide bonds. The van der Waals surface area contributed by atoms with Crippen molar-refractivity contribution in [3.63, 3.8) is 0 Å². The molecule has 7 heteroatoms. The lowest BCUT2D eigenvalue weighted by molar-refractivity contribution is 0.0376. The largest absolute Gasteiger partial charge is 0.379 e. The number of aliphatic imine (C=N–C) groups is 1. The molecule has 2 aliphatic rings. The molecule has 0 atom stereocenters. The van der Waals surface area contributed by atoms with Crippen molar-refractivity contribution in [1.29, 1.82) is 0 Å². The number of morpholine rings is 1. The van der Waals surface area contributed by atoms with Gasteiger partial charge in [-0.2, -0.15) is 0 Å². The fraction of sp³-hybridized carbons (Fsp3) is 0.708. The summed E-state index contributed by atoms with van der Waals surface area (Å²) in [5, 5.41) is 6.91. The van der Waals surface area contributed by atoms with Crippen LogP contribution in [0.15, 0.2) is 29.3 Å². The molecule has 6 nitrogen and oxygen atoms in total. The second-order valence-corrected chi connectivity index (χ2v) is 8.39. The quantitative estimate of drug-likeness (QED) is 0.216. The average molecular weight is 544 g/mol. The molecule has 31 heavy (non-hydrogen) atoms. The minimum atomic E-state index is 0. The molecule has 0 spiro atoms. The molecule has 2 saturated heterocycles. The van der Waals surface area contributed by atoms with Gasteiger partial charge in [-0.1, -0.05) is 37.1 Å². The first-order chi connectivity index (χ1) is 14.8. The summed E-state index contributed by atoms with van der Waals surface area (Å²) in [7, 11) is 0. The normalized spacial score (nSPS) is 18.8. The third kappa shape index (κ3) is 10.1. The highest BCUT2D eigenvalue weighted by atomic mass is 127. The molecule has 0 saturated carbocycles. The molecule has 176 valence electrons. The Hall–Kier alpha value is -0.900. The Kier molecular flexibility index (Phi) is 13.5. The van der Waals surface area contributed by atoms with Crippen molar-refractivity contribution in [2.75, 3.05) is 59.0 Å². The Morgan fingerprint density at radius 1 is 0.935 bits per heavy atom. The smallest absolute Gasteiger partial charge is 0.191 e. The van der Waals surface area contributed by atoms with Gasteiger partial charge in [0.15, 0.2) is 5.96 Å². The van der Waals surface area contributed by atoms with E-state index in [0.717, 1.165) is 71.4 Å². The fourth-order valence-corrected chi connectivity index (χ4v) is 4.24. The van der Waals surface area contributed by atoms with Crippen molar-refractivity contribution >= 4 is 29.9 Å². The summed E-state index contributed by atoms with van der Waals surface area (Å²) in [6, 6.07) is 8.81. The van der Waals surface area contributed by atoms with Gasteiger partial charge in [0, 0.05) is 32.7 Å². The number of hydrogen-bond acceptors (Lipinski definition) is 4. The van der Waals surface area contributed by atoms with Gasteiger partial charge in [-0.15, -0.1) is 24.0 Å². The van der Waals surface area contributed by atoms with E-state index in [-0.39, 0.29) is 24.0 Å². The maximum absolute atomic E-state index is 5.42. The third-order valence-corrected chi connectivity index (χ3v) is 6.01. The third-order valence-electron chi connectivity index (χ3n) is 6.01.